The van der Waals surface area contributed by atoms with Gasteiger partial charge in [0.15, 0.2) is 10.2 Å². The highest BCUT2D eigenvalue weighted by Gasteiger charge is 2.21. The minimum Gasteiger partial charge on any atom is -0.497 e. The molecule has 0 saturated carbocycles. The summed E-state index contributed by atoms with van der Waals surface area (Å²) in [6.07, 6.45) is 0. The molecule has 134 valence electrons. The number of nitrogens with zero attached hydrogens (tertiary/aromatic N) is 2. The maximum Gasteiger partial charge on any atom is 0.239 e. The summed E-state index contributed by atoms with van der Waals surface area (Å²) >= 11 is 2.46. The molecule has 1 aromatic heterocycles. The van der Waals surface area contributed by atoms with Gasteiger partial charge in [0.25, 0.3) is 0 Å². The zero-order valence-corrected chi connectivity index (χ0v) is 16.1. The maximum atomic E-state index is 12.7. The highest BCUT2D eigenvalue weighted by Crippen LogP contribution is 2.32. The fraction of sp³-hybridized carbons (Fsp3) is 0.211. The molecule has 0 N–H and O–H groups in total. The lowest BCUT2D eigenvalue weighted by atomic mass is 10.2. The number of aromatic nitrogens is 1. The molecule has 0 spiro atoms. The number of thioether (sulfide) groups is 1. The first kappa shape index (κ1) is 18.4. The lowest BCUT2D eigenvalue weighted by Gasteiger charge is -2.19. The fourth-order valence-electron chi connectivity index (χ4n) is 2.41. The smallest absolute Gasteiger partial charge is 0.239 e. The van der Waals surface area contributed by atoms with Crippen LogP contribution in [0.25, 0.3) is 10.2 Å². The maximum absolute atomic E-state index is 12.7. The van der Waals surface area contributed by atoms with Crippen molar-refractivity contribution in [2.24, 2.45) is 0 Å². The summed E-state index contributed by atoms with van der Waals surface area (Å²) in [5.41, 5.74) is 1.79. The van der Waals surface area contributed by atoms with E-state index in [-0.39, 0.29) is 16.8 Å². The standard InChI is InChI=1S/C19H18N2O3S2/c1-13(22)25-12-18(23)21(11-14-6-4-3-5-7-14)19-20-16-10-15(24-2)8-9-17(16)26-19/h3-10H,11-12H2,1-2H3. The Hall–Kier alpha value is -2.38. The average molecular weight is 386 g/mol. The molecular formula is C19H18N2O3S2. The number of anilines is 1. The molecular weight excluding hydrogens is 368 g/mol. The van der Waals surface area contributed by atoms with E-state index in [9.17, 15) is 9.59 Å². The van der Waals surface area contributed by atoms with Crippen LogP contribution in [0.4, 0.5) is 5.13 Å². The Balaban J connectivity index is 1.93. The second-order valence-electron chi connectivity index (χ2n) is 5.58. The quantitative estimate of drug-likeness (QED) is 0.638. The number of hydrogen-bond donors (Lipinski definition) is 0. The van der Waals surface area contributed by atoms with Crippen LogP contribution in [0.15, 0.2) is 48.5 Å². The lowest BCUT2D eigenvalue weighted by Crippen LogP contribution is -2.32. The molecule has 0 aliphatic carbocycles. The molecule has 3 aromatic rings. The van der Waals surface area contributed by atoms with Gasteiger partial charge in [-0.1, -0.05) is 53.4 Å². The van der Waals surface area contributed by atoms with Crippen LogP contribution in [-0.2, 0) is 16.1 Å². The number of hydrogen-bond acceptors (Lipinski definition) is 6. The van der Waals surface area contributed by atoms with Crippen LogP contribution in [0.5, 0.6) is 5.75 Å². The second-order valence-corrected chi connectivity index (χ2v) is 7.74. The number of ether oxygens (including phenoxy) is 1. The van der Waals surface area contributed by atoms with E-state index in [4.69, 9.17) is 4.74 Å². The summed E-state index contributed by atoms with van der Waals surface area (Å²) in [5, 5.41) is 0.540. The molecule has 0 bridgehead atoms. The summed E-state index contributed by atoms with van der Waals surface area (Å²) in [7, 11) is 1.61. The van der Waals surface area contributed by atoms with E-state index < -0.39 is 0 Å². The highest BCUT2D eigenvalue weighted by molar-refractivity contribution is 8.14. The third-order valence-electron chi connectivity index (χ3n) is 3.70. The Kier molecular flexibility index (Phi) is 5.90. The van der Waals surface area contributed by atoms with Crippen molar-refractivity contribution in [3.63, 3.8) is 0 Å². The van der Waals surface area contributed by atoms with Crippen molar-refractivity contribution in [1.82, 2.24) is 4.98 Å². The van der Waals surface area contributed by atoms with E-state index in [2.05, 4.69) is 4.98 Å². The van der Waals surface area contributed by atoms with Crippen molar-refractivity contribution in [2.45, 2.75) is 13.5 Å². The molecule has 1 heterocycles. The normalized spacial score (nSPS) is 10.7. The zero-order chi connectivity index (χ0) is 18.5. The Labute approximate surface area is 160 Å². The van der Waals surface area contributed by atoms with Gasteiger partial charge in [-0.15, -0.1) is 0 Å². The van der Waals surface area contributed by atoms with Crippen LogP contribution >= 0.6 is 23.1 Å². The molecule has 0 fully saturated rings. The number of methoxy groups -OCH3 is 1. The molecule has 0 atom stereocenters. The van der Waals surface area contributed by atoms with Crippen molar-refractivity contribution in [3.05, 3.63) is 54.1 Å². The van der Waals surface area contributed by atoms with Gasteiger partial charge in [-0.3, -0.25) is 14.5 Å². The van der Waals surface area contributed by atoms with Crippen LogP contribution in [0.1, 0.15) is 12.5 Å². The van der Waals surface area contributed by atoms with Crippen LogP contribution in [-0.4, -0.2) is 28.9 Å². The Morgan fingerprint density at radius 2 is 1.96 bits per heavy atom. The highest BCUT2D eigenvalue weighted by atomic mass is 32.2. The minimum atomic E-state index is -0.139. The van der Waals surface area contributed by atoms with Gasteiger partial charge in [0.05, 0.1) is 29.6 Å². The molecule has 0 unspecified atom stereocenters. The van der Waals surface area contributed by atoms with Gasteiger partial charge in [-0.05, 0) is 17.7 Å². The first-order valence-corrected chi connectivity index (χ1v) is 9.79. The SMILES string of the molecule is COc1ccc2sc(N(Cc3ccccc3)C(=O)CSC(C)=O)nc2c1. The molecule has 5 nitrogen and oxygen atoms in total. The Bertz CT molecular complexity index is 925. The Morgan fingerprint density at radius 3 is 2.65 bits per heavy atom. The predicted molar refractivity (Wildman–Crippen MR) is 107 cm³/mol. The summed E-state index contributed by atoms with van der Waals surface area (Å²) in [4.78, 5) is 30.2. The van der Waals surface area contributed by atoms with Crippen LogP contribution in [0.2, 0.25) is 0 Å². The molecule has 0 aliphatic rings. The van der Waals surface area contributed by atoms with Gasteiger partial charge in [0.2, 0.25) is 5.91 Å². The molecule has 0 saturated heterocycles. The van der Waals surface area contributed by atoms with E-state index in [1.54, 1.807) is 12.0 Å². The monoisotopic (exact) mass is 386 g/mol. The van der Waals surface area contributed by atoms with Gasteiger partial charge in [0, 0.05) is 13.0 Å². The molecule has 2 aromatic carbocycles. The van der Waals surface area contributed by atoms with E-state index in [0.717, 1.165) is 33.3 Å². The third-order valence-corrected chi connectivity index (χ3v) is 5.56. The predicted octanol–water partition coefficient (Wildman–Crippen LogP) is 4.12. The van der Waals surface area contributed by atoms with Crippen molar-refractivity contribution < 1.29 is 14.3 Å². The first-order chi connectivity index (χ1) is 12.6. The van der Waals surface area contributed by atoms with E-state index in [0.29, 0.717) is 11.7 Å². The van der Waals surface area contributed by atoms with Crippen LogP contribution in [0.3, 0.4) is 0 Å². The fourth-order valence-corrected chi connectivity index (χ4v) is 3.85. The van der Waals surface area contributed by atoms with Crippen molar-refractivity contribution in [2.75, 3.05) is 17.8 Å². The second kappa shape index (κ2) is 8.33. The van der Waals surface area contributed by atoms with E-state index in [1.807, 2.05) is 48.5 Å². The summed E-state index contributed by atoms with van der Waals surface area (Å²) in [6.45, 7) is 1.87. The number of thiazole rings is 1. The zero-order valence-electron chi connectivity index (χ0n) is 14.5. The molecule has 1 amide bonds. The largest absolute Gasteiger partial charge is 0.497 e. The van der Waals surface area contributed by atoms with Gasteiger partial charge >= 0.3 is 0 Å². The van der Waals surface area contributed by atoms with Crippen molar-refractivity contribution in [1.29, 1.82) is 0 Å². The lowest BCUT2D eigenvalue weighted by molar-refractivity contribution is -0.116. The van der Waals surface area contributed by atoms with Gasteiger partial charge in [-0.25, -0.2) is 4.98 Å². The van der Waals surface area contributed by atoms with Gasteiger partial charge in [-0.2, -0.15) is 0 Å². The van der Waals surface area contributed by atoms with E-state index >= 15 is 0 Å². The summed E-state index contributed by atoms with van der Waals surface area (Å²) < 4.78 is 6.22. The molecule has 0 radical (unpaired) electrons. The molecule has 7 heteroatoms. The third kappa shape index (κ3) is 4.42. The summed E-state index contributed by atoms with van der Waals surface area (Å²) in [6, 6.07) is 15.4. The number of rotatable bonds is 6. The number of carbonyl (C=O) groups is 2. The molecule has 0 aliphatic heterocycles. The molecule has 3 rings (SSSR count). The van der Waals surface area contributed by atoms with Gasteiger partial charge < -0.3 is 4.74 Å². The van der Waals surface area contributed by atoms with E-state index in [1.165, 1.54) is 18.3 Å². The Morgan fingerprint density at radius 1 is 1.19 bits per heavy atom. The number of carbonyl (C=O) groups excluding carboxylic acids is 2. The van der Waals surface area contributed by atoms with Crippen molar-refractivity contribution >= 4 is 49.5 Å². The number of amides is 1. The number of benzene rings is 2. The van der Waals surface area contributed by atoms with Gasteiger partial charge in [0.1, 0.15) is 5.75 Å². The summed E-state index contributed by atoms with van der Waals surface area (Å²) in [5.74, 6) is 0.684. The first-order valence-electron chi connectivity index (χ1n) is 7.99. The topological polar surface area (TPSA) is 59.5 Å². The van der Waals surface area contributed by atoms with Crippen LogP contribution in [0, 0.1) is 0 Å². The van der Waals surface area contributed by atoms with Crippen LogP contribution < -0.4 is 9.64 Å². The van der Waals surface area contributed by atoms with Crippen molar-refractivity contribution in [3.8, 4) is 5.75 Å². The average Bonchev–Trinajstić information content (AvgIpc) is 3.07. The molecule has 26 heavy (non-hydrogen) atoms. The minimum absolute atomic E-state index is 0.0768. The number of fused-ring (bicyclic) bond motifs is 1.